The third-order valence-corrected chi connectivity index (χ3v) is 4.39. The number of amides is 1. The van der Waals surface area contributed by atoms with Gasteiger partial charge in [0.2, 0.25) is 5.91 Å². The molecule has 1 amide bonds. The van der Waals surface area contributed by atoms with Crippen LogP contribution in [0.4, 0.5) is 0 Å². The average molecular weight is 355 g/mol. The molecule has 1 rings (SSSR count). The number of benzene rings is 1. The van der Waals surface area contributed by atoms with Crippen molar-refractivity contribution in [2.75, 3.05) is 6.54 Å². The van der Waals surface area contributed by atoms with Crippen LogP contribution in [-0.2, 0) is 4.79 Å². The highest BCUT2D eigenvalue weighted by atomic mass is 79.9. The van der Waals surface area contributed by atoms with E-state index in [2.05, 4.69) is 54.2 Å². The Labute approximate surface area is 136 Å². The van der Waals surface area contributed by atoms with Gasteiger partial charge in [-0.25, -0.2) is 0 Å². The van der Waals surface area contributed by atoms with Gasteiger partial charge in [-0.05, 0) is 48.9 Å². The standard InChI is InChI=1S/C17H27BrN2O/c1-4-15(13-5-7-14(18)8-6-13)20-16(21)9-10-17(2,3)11-12-19/h5-8,15H,4,9-12,19H2,1-3H3,(H,20,21). The van der Waals surface area contributed by atoms with Crippen molar-refractivity contribution >= 4 is 21.8 Å². The highest BCUT2D eigenvalue weighted by molar-refractivity contribution is 9.10. The Morgan fingerprint density at radius 3 is 2.43 bits per heavy atom. The monoisotopic (exact) mass is 354 g/mol. The van der Waals surface area contributed by atoms with Crippen molar-refractivity contribution in [2.45, 2.75) is 52.5 Å². The molecule has 0 aliphatic rings. The Balaban J connectivity index is 2.53. The molecule has 1 atom stereocenters. The van der Waals surface area contributed by atoms with E-state index in [-0.39, 0.29) is 17.4 Å². The molecule has 21 heavy (non-hydrogen) atoms. The molecular weight excluding hydrogens is 328 g/mol. The number of hydrogen-bond acceptors (Lipinski definition) is 2. The first-order chi connectivity index (χ1) is 9.88. The fraction of sp³-hybridized carbons (Fsp3) is 0.588. The Morgan fingerprint density at radius 2 is 1.90 bits per heavy atom. The molecule has 1 aromatic carbocycles. The van der Waals surface area contributed by atoms with Gasteiger partial charge in [-0.1, -0.05) is 48.8 Å². The highest BCUT2D eigenvalue weighted by Gasteiger charge is 2.19. The van der Waals surface area contributed by atoms with Crippen LogP contribution in [-0.4, -0.2) is 12.5 Å². The lowest BCUT2D eigenvalue weighted by molar-refractivity contribution is -0.122. The Morgan fingerprint density at radius 1 is 1.29 bits per heavy atom. The van der Waals surface area contributed by atoms with E-state index in [0.717, 1.165) is 29.3 Å². The van der Waals surface area contributed by atoms with Crippen LogP contribution in [0.3, 0.4) is 0 Å². The zero-order valence-corrected chi connectivity index (χ0v) is 14.9. The molecule has 0 bridgehead atoms. The summed E-state index contributed by atoms with van der Waals surface area (Å²) in [6, 6.07) is 8.21. The van der Waals surface area contributed by atoms with Crippen LogP contribution in [0.2, 0.25) is 0 Å². The summed E-state index contributed by atoms with van der Waals surface area (Å²) in [5, 5.41) is 3.13. The number of nitrogens with one attached hydrogen (secondary N) is 1. The number of halogens is 1. The third kappa shape index (κ3) is 6.62. The summed E-state index contributed by atoms with van der Waals surface area (Å²) in [6.07, 6.45) is 3.26. The molecule has 1 aromatic rings. The molecule has 0 saturated carbocycles. The predicted octanol–water partition coefficient (Wildman–Crippen LogP) is 4.17. The van der Waals surface area contributed by atoms with Crippen molar-refractivity contribution in [3.63, 3.8) is 0 Å². The van der Waals surface area contributed by atoms with Crippen molar-refractivity contribution < 1.29 is 4.79 Å². The number of carbonyl (C=O) groups is 1. The van der Waals surface area contributed by atoms with E-state index in [1.165, 1.54) is 0 Å². The predicted molar refractivity (Wildman–Crippen MR) is 92.0 cm³/mol. The van der Waals surface area contributed by atoms with E-state index in [4.69, 9.17) is 5.73 Å². The fourth-order valence-corrected chi connectivity index (χ4v) is 2.61. The van der Waals surface area contributed by atoms with Gasteiger partial charge in [0.1, 0.15) is 0 Å². The minimum atomic E-state index is 0.0863. The zero-order valence-electron chi connectivity index (χ0n) is 13.3. The summed E-state index contributed by atoms with van der Waals surface area (Å²) >= 11 is 3.43. The van der Waals surface area contributed by atoms with E-state index in [1.807, 2.05) is 12.1 Å². The quantitative estimate of drug-likeness (QED) is 0.735. The van der Waals surface area contributed by atoms with E-state index in [9.17, 15) is 4.79 Å². The van der Waals surface area contributed by atoms with Crippen molar-refractivity contribution in [3.05, 3.63) is 34.3 Å². The van der Waals surface area contributed by atoms with Gasteiger partial charge in [-0.15, -0.1) is 0 Å². The first-order valence-corrected chi connectivity index (χ1v) is 8.42. The third-order valence-electron chi connectivity index (χ3n) is 3.87. The molecule has 1 unspecified atom stereocenters. The van der Waals surface area contributed by atoms with E-state index < -0.39 is 0 Å². The average Bonchev–Trinajstić information content (AvgIpc) is 2.44. The van der Waals surface area contributed by atoms with Crippen molar-refractivity contribution in [2.24, 2.45) is 11.1 Å². The Hall–Kier alpha value is -0.870. The molecule has 4 heteroatoms. The molecule has 0 aliphatic carbocycles. The summed E-state index contributed by atoms with van der Waals surface area (Å²) in [5.41, 5.74) is 6.89. The molecule has 0 saturated heterocycles. The number of nitrogens with two attached hydrogens (primary N) is 1. The van der Waals surface area contributed by atoms with Gasteiger partial charge in [0.15, 0.2) is 0 Å². The summed E-state index contributed by atoms with van der Waals surface area (Å²) in [4.78, 5) is 12.2. The van der Waals surface area contributed by atoms with Crippen LogP contribution in [0.15, 0.2) is 28.7 Å². The highest BCUT2D eigenvalue weighted by Crippen LogP contribution is 2.26. The van der Waals surface area contributed by atoms with Crippen molar-refractivity contribution in [1.82, 2.24) is 5.32 Å². The second kappa shape index (κ2) is 8.54. The lowest BCUT2D eigenvalue weighted by atomic mass is 9.84. The Bertz CT molecular complexity index is 443. The van der Waals surface area contributed by atoms with Crippen LogP contribution >= 0.6 is 15.9 Å². The maximum Gasteiger partial charge on any atom is 0.220 e. The van der Waals surface area contributed by atoms with Crippen LogP contribution in [0.5, 0.6) is 0 Å². The minimum absolute atomic E-state index is 0.0863. The van der Waals surface area contributed by atoms with E-state index >= 15 is 0 Å². The molecule has 0 spiro atoms. The molecular formula is C17H27BrN2O. The van der Waals surface area contributed by atoms with Gasteiger partial charge in [0, 0.05) is 10.9 Å². The molecule has 3 N–H and O–H groups in total. The first-order valence-electron chi connectivity index (χ1n) is 7.63. The van der Waals surface area contributed by atoms with Crippen molar-refractivity contribution in [1.29, 1.82) is 0 Å². The second-order valence-electron chi connectivity index (χ2n) is 6.28. The SMILES string of the molecule is CCC(NC(=O)CCC(C)(C)CCN)c1ccc(Br)cc1. The maximum atomic E-state index is 12.2. The number of rotatable bonds is 8. The van der Waals surface area contributed by atoms with Gasteiger partial charge in [-0.2, -0.15) is 0 Å². The largest absolute Gasteiger partial charge is 0.349 e. The lowest BCUT2D eigenvalue weighted by Crippen LogP contribution is -2.29. The summed E-state index contributed by atoms with van der Waals surface area (Å²) in [5.74, 6) is 0.120. The van der Waals surface area contributed by atoms with Gasteiger partial charge in [0.05, 0.1) is 6.04 Å². The van der Waals surface area contributed by atoms with Crippen molar-refractivity contribution in [3.8, 4) is 0 Å². The fourth-order valence-electron chi connectivity index (χ4n) is 2.35. The molecule has 118 valence electrons. The summed E-state index contributed by atoms with van der Waals surface area (Å²) in [6.45, 7) is 7.09. The van der Waals surface area contributed by atoms with Crippen LogP contribution < -0.4 is 11.1 Å². The topological polar surface area (TPSA) is 55.1 Å². The van der Waals surface area contributed by atoms with E-state index in [1.54, 1.807) is 0 Å². The summed E-state index contributed by atoms with van der Waals surface area (Å²) < 4.78 is 1.05. The second-order valence-corrected chi connectivity index (χ2v) is 7.20. The first kappa shape index (κ1) is 18.2. The minimum Gasteiger partial charge on any atom is -0.349 e. The normalized spacial score (nSPS) is 13.0. The molecule has 0 aromatic heterocycles. The molecule has 0 heterocycles. The van der Waals surface area contributed by atoms with Crippen LogP contribution in [0.25, 0.3) is 0 Å². The zero-order chi connectivity index (χ0) is 15.9. The smallest absolute Gasteiger partial charge is 0.220 e. The molecule has 3 nitrogen and oxygen atoms in total. The molecule has 0 aliphatic heterocycles. The number of carbonyl (C=O) groups excluding carboxylic acids is 1. The lowest BCUT2D eigenvalue weighted by Gasteiger charge is -2.24. The van der Waals surface area contributed by atoms with Crippen LogP contribution in [0, 0.1) is 5.41 Å². The Kier molecular flexibility index (Phi) is 7.40. The van der Waals surface area contributed by atoms with Gasteiger partial charge >= 0.3 is 0 Å². The number of hydrogen-bond donors (Lipinski definition) is 2. The van der Waals surface area contributed by atoms with Gasteiger partial charge in [0.25, 0.3) is 0 Å². The van der Waals surface area contributed by atoms with Gasteiger partial charge < -0.3 is 11.1 Å². The van der Waals surface area contributed by atoms with Gasteiger partial charge in [-0.3, -0.25) is 4.79 Å². The van der Waals surface area contributed by atoms with Crippen LogP contribution in [0.1, 0.15) is 58.1 Å². The molecule has 0 fully saturated rings. The maximum absolute atomic E-state index is 12.2. The molecule has 0 radical (unpaired) electrons. The summed E-state index contributed by atoms with van der Waals surface area (Å²) in [7, 11) is 0. The van der Waals surface area contributed by atoms with E-state index in [0.29, 0.717) is 13.0 Å².